The SMILES string of the molecule is O=C(CCN1CCOCC1)NNC(=O)C(=Cc1ccccc1)NC(=O)c1ccccc1. The molecule has 2 aromatic carbocycles. The molecule has 0 unspecified atom stereocenters. The summed E-state index contributed by atoms with van der Waals surface area (Å²) in [4.78, 5) is 39.5. The Morgan fingerprint density at radius 3 is 2.23 bits per heavy atom. The predicted molar refractivity (Wildman–Crippen MR) is 116 cm³/mol. The fraction of sp³-hybridized carbons (Fsp3) is 0.261. The average molecular weight is 422 g/mol. The number of rotatable bonds is 7. The second-order valence-corrected chi connectivity index (χ2v) is 7.00. The van der Waals surface area contributed by atoms with Crippen molar-refractivity contribution in [3.05, 3.63) is 77.5 Å². The van der Waals surface area contributed by atoms with E-state index in [4.69, 9.17) is 4.74 Å². The van der Waals surface area contributed by atoms with Gasteiger partial charge in [-0.1, -0.05) is 48.5 Å². The molecule has 0 spiro atoms. The summed E-state index contributed by atoms with van der Waals surface area (Å²) in [6.45, 7) is 3.48. The van der Waals surface area contributed by atoms with E-state index in [9.17, 15) is 14.4 Å². The fourth-order valence-electron chi connectivity index (χ4n) is 3.00. The Labute approximate surface area is 181 Å². The summed E-state index contributed by atoms with van der Waals surface area (Å²) in [7, 11) is 0. The Morgan fingerprint density at radius 1 is 0.903 bits per heavy atom. The molecule has 3 amide bonds. The molecule has 1 saturated heterocycles. The van der Waals surface area contributed by atoms with Crippen LogP contribution in [0.4, 0.5) is 0 Å². The van der Waals surface area contributed by atoms with E-state index in [1.165, 1.54) is 0 Å². The van der Waals surface area contributed by atoms with Gasteiger partial charge in [0.25, 0.3) is 11.8 Å². The zero-order valence-corrected chi connectivity index (χ0v) is 17.2. The van der Waals surface area contributed by atoms with Crippen LogP contribution in [-0.4, -0.2) is 55.5 Å². The molecule has 0 atom stereocenters. The van der Waals surface area contributed by atoms with Crippen molar-refractivity contribution in [3.63, 3.8) is 0 Å². The fourth-order valence-corrected chi connectivity index (χ4v) is 3.00. The number of amides is 3. The van der Waals surface area contributed by atoms with E-state index in [2.05, 4.69) is 21.1 Å². The van der Waals surface area contributed by atoms with Crippen LogP contribution in [0.2, 0.25) is 0 Å². The summed E-state index contributed by atoms with van der Waals surface area (Å²) in [6, 6.07) is 17.7. The molecule has 8 heteroatoms. The minimum atomic E-state index is -0.618. The first-order valence-electron chi connectivity index (χ1n) is 10.1. The lowest BCUT2D eigenvalue weighted by molar-refractivity contribution is -0.127. The first kappa shape index (κ1) is 22.2. The topological polar surface area (TPSA) is 99.8 Å². The van der Waals surface area contributed by atoms with Crippen molar-refractivity contribution in [2.45, 2.75) is 6.42 Å². The van der Waals surface area contributed by atoms with E-state index in [0.717, 1.165) is 18.7 Å². The van der Waals surface area contributed by atoms with Gasteiger partial charge in [0.1, 0.15) is 5.70 Å². The number of nitrogens with zero attached hydrogens (tertiary/aromatic N) is 1. The number of hydrogen-bond donors (Lipinski definition) is 3. The normalized spacial score (nSPS) is 14.5. The monoisotopic (exact) mass is 422 g/mol. The number of ether oxygens (including phenoxy) is 1. The van der Waals surface area contributed by atoms with Crippen LogP contribution < -0.4 is 16.2 Å². The first-order chi connectivity index (χ1) is 15.1. The van der Waals surface area contributed by atoms with E-state index in [-0.39, 0.29) is 18.0 Å². The Morgan fingerprint density at radius 2 is 1.55 bits per heavy atom. The number of carbonyl (C=O) groups excluding carboxylic acids is 3. The quantitative estimate of drug-likeness (QED) is 0.462. The molecule has 0 radical (unpaired) electrons. The highest BCUT2D eigenvalue weighted by Gasteiger charge is 2.16. The molecule has 1 aliphatic heterocycles. The smallest absolute Gasteiger partial charge is 0.286 e. The van der Waals surface area contributed by atoms with Crippen molar-refractivity contribution in [2.75, 3.05) is 32.8 Å². The average Bonchev–Trinajstić information content (AvgIpc) is 2.82. The first-order valence-corrected chi connectivity index (χ1v) is 10.1. The second-order valence-electron chi connectivity index (χ2n) is 7.00. The minimum Gasteiger partial charge on any atom is -0.379 e. The number of hydrazine groups is 1. The molecule has 3 rings (SSSR count). The molecule has 0 aromatic heterocycles. The van der Waals surface area contributed by atoms with Crippen LogP contribution in [-0.2, 0) is 14.3 Å². The van der Waals surface area contributed by atoms with Crippen LogP contribution in [0, 0.1) is 0 Å². The van der Waals surface area contributed by atoms with Gasteiger partial charge in [0, 0.05) is 31.6 Å². The Balaban J connectivity index is 1.59. The van der Waals surface area contributed by atoms with Gasteiger partial charge >= 0.3 is 0 Å². The van der Waals surface area contributed by atoms with Crippen molar-refractivity contribution in [1.82, 2.24) is 21.1 Å². The summed E-state index contributed by atoms with van der Waals surface area (Å²) in [5, 5.41) is 2.63. The van der Waals surface area contributed by atoms with Gasteiger partial charge in [0.2, 0.25) is 5.91 Å². The van der Waals surface area contributed by atoms with Crippen molar-refractivity contribution in [2.24, 2.45) is 0 Å². The Bertz CT molecular complexity index is 910. The van der Waals surface area contributed by atoms with Crippen LogP contribution in [0.25, 0.3) is 6.08 Å². The largest absolute Gasteiger partial charge is 0.379 e. The van der Waals surface area contributed by atoms with Gasteiger partial charge in [0.05, 0.1) is 13.2 Å². The van der Waals surface area contributed by atoms with Gasteiger partial charge in [-0.25, -0.2) is 0 Å². The maximum Gasteiger partial charge on any atom is 0.286 e. The standard InChI is InChI=1S/C23H26N4O4/c28-21(11-12-27-13-15-31-16-14-27)25-26-23(30)20(17-18-7-3-1-4-8-18)24-22(29)19-9-5-2-6-10-19/h1-10,17H,11-16H2,(H,24,29)(H,25,28)(H,26,30). The molecule has 1 fully saturated rings. The van der Waals surface area contributed by atoms with Gasteiger partial charge < -0.3 is 10.1 Å². The maximum absolute atomic E-state index is 12.7. The van der Waals surface area contributed by atoms with Gasteiger partial charge in [-0.2, -0.15) is 0 Å². The molecular weight excluding hydrogens is 396 g/mol. The van der Waals surface area contributed by atoms with Gasteiger partial charge in [-0.15, -0.1) is 0 Å². The summed E-state index contributed by atoms with van der Waals surface area (Å²) < 4.78 is 5.28. The van der Waals surface area contributed by atoms with Crippen LogP contribution >= 0.6 is 0 Å². The summed E-state index contributed by atoms with van der Waals surface area (Å²) in [6.07, 6.45) is 1.80. The second kappa shape index (κ2) is 11.6. The third-order valence-corrected chi connectivity index (χ3v) is 4.71. The zero-order chi connectivity index (χ0) is 21.9. The van der Waals surface area contributed by atoms with E-state index >= 15 is 0 Å². The predicted octanol–water partition coefficient (Wildman–Crippen LogP) is 1.33. The Hall–Kier alpha value is -3.49. The van der Waals surface area contributed by atoms with Crippen molar-refractivity contribution in [1.29, 1.82) is 0 Å². The minimum absolute atomic E-state index is 0.0218. The highest BCUT2D eigenvalue weighted by Crippen LogP contribution is 2.07. The highest BCUT2D eigenvalue weighted by atomic mass is 16.5. The van der Waals surface area contributed by atoms with Crippen molar-refractivity contribution in [3.8, 4) is 0 Å². The lowest BCUT2D eigenvalue weighted by Gasteiger charge is -2.26. The molecule has 1 heterocycles. The maximum atomic E-state index is 12.7. The molecule has 162 valence electrons. The molecule has 8 nitrogen and oxygen atoms in total. The molecule has 0 saturated carbocycles. The number of hydrogen-bond acceptors (Lipinski definition) is 5. The summed E-state index contributed by atoms with van der Waals surface area (Å²) >= 11 is 0. The molecular formula is C23H26N4O4. The lowest BCUT2D eigenvalue weighted by Crippen LogP contribution is -2.46. The molecule has 0 bridgehead atoms. The van der Waals surface area contributed by atoms with Gasteiger partial charge in [-0.3, -0.25) is 30.1 Å². The molecule has 31 heavy (non-hydrogen) atoms. The van der Waals surface area contributed by atoms with E-state index in [1.807, 2.05) is 30.3 Å². The van der Waals surface area contributed by atoms with Gasteiger partial charge in [0.15, 0.2) is 0 Å². The molecule has 1 aliphatic rings. The van der Waals surface area contributed by atoms with Crippen molar-refractivity contribution >= 4 is 23.8 Å². The van der Waals surface area contributed by atoms with Crippen LogP contribution in [0.1, 0.15) is 22.3 Å². The van der Waals surface area contributed by atoms with E-state index in [1.54, 1.807) is 36.4 Å². The summed E-state index contributed by atoms with van der Waals surface area (Å²) in [5.41, 5.74) is 5.97. The Kier molecular flexibility index (Phi) is 8.33. The number of morpholine rings is 1. The molecule has 2 aromatic rings. The van der Waals surface area contributed by atoms with Crippen molar-refractivity contribution < 1.29 is 19.1 Å². The third kappa shape index (κ3) is 7.36. The molecule has 3 N–H and O–H groups in total. The zero-order valence-electron chi connectivity index (χ0n) is 17.2. The van der Waals surface area contributed by atoms with E-state index < -0.39 is 11.8 Å². The van der Waals surface area contributed by atoms with Gasteiger partial charge in [-0.05, 0) is 23.8 Å². The number of nitrogens with one attached hydrogen (secondary N) is 3. The third-order valence-electron chi connectivity index (χ3n) is 4.71. The van der Waals surface area contributed by atoms with Crippen LogP contribution in [0.3, 0.4) is 0 Å². The summed E-state index contributed by atoms with van der Waals surface area (Å²) in [5.74, 6) is -1.35. The lowest BCUT2D eigenvalue weighted by atomic mass is 10.1. The number of benzene rings is 2. The molecule has 0 aliphatic carbocycles. The number of carbonyl (C=O) groups is 3. The van der Waals surface area contributed by atoms with Crippen LogP contribution in [0.15, 0.2) is 66.4 Å². The highest BCUT2D eigenvalue weighted by molar-refractivity contribution is 6.05. The van der Waals surface area contributed by atoms with Crippen LogP contribution in [0.5, 0.6) is 0 Å². The van der Waals surface area contributed by atoms with E-state index in [0.29, 0.717) is 25.3 Å².